The molecule has 0 radical (unpaired) electrons. The van der Waals surface area contributed by atoms with Gasteiger partial charge in [-0.05, 0) is 25.1 Å². The minimum absolute atomic E-state index is 0.00664. The van der Waals surface area contributed by atoms with Crippen molar-refractivity contribution < 1.29 is 9.13 Å². The molecular weight excluding hydrogens is 243 g/mol. The molecule has 2 aromatic carbocycles. The van der Waals surface area contributed by atoms with Gasteiger partial charge >= 0.3 is 0 Å². The highest BCUT2D eigenvalue weighted by molar-refractivity contribution is 5.42. The van der Waals surface area contributed by atoms with Crippen LogP contribution in [0, 0.1) is 17.1 Å². The van der Waals surface area contributed by atoms with Crippen LogP contribution in [0.15, 0.2) is 42.5 Å². The van der Waals surface area contributed by atoms with Gasteiger partial charge < -0.3 is 10.5 Å². The predicted octanol–water partition coefficient (Wildman–Crippen LogP) is 3.51. The van der Waals surface area contributed by atoms with Crippen molar-refractivity contribution in [2.24, 2.45) is 5.73 Å². The lowest BCUT2D eigenvalue weighted by atomic mass is 10.1. The lowest BCUT2D eigenvalue weighted by Gasteiger charge is -2.13. The Hall–Kier alpha value is -2.38. The lowest BCUT2D eigenvalue weighted by molar-refractivity contribution is 0.466. The summed E-state index contributed by atoms with van der Waals surface area (Å²) in [5, 5.41) is 8.67. The summed E-state index contributed by atoms with van der Waals surface area (Å²) in [7, 11) is 0. The van der Waals surface area contributed by atoms with Gasteiger partial charge in [0.1, 0.15) is 23.4 Å². The smallest absolute Gasteiger partial charge is 0.144 e. The van der Waals surface area contributed by atoms with Crippen LogP contribution in [0.25, 0.3) is 0 Å². The van der Waals surface area contributed by atoms with Gasteiger partial charge in [0.2, 0.25) is 0 Å². The van der Waals surface area contributed by atoms with Crippen LogP contribution in [0.4, 0.5) is 4.39 Å². The maximum Gasteiger partial charge on any atom is 0.144 e. The fourth-order valence-corrected chi connectivity index (χ4v) is 1.73. The third kappa shape index (κ3) is 2.90. The molecule has 0 amide bonds. The first-order chi connectivity index (χ1) is 9.11. The van der Waals surface area contributed by atoms with Crippen molar-refractivity contribution in [3.63, 3.8) is 0 Å². The summed E-state index contributed by atoms with van der Waals surface area (Å²) in [6.45, 7) is 1.85. The van der Waals surface area contributed by atoms with Gasteiger partial charge in [-0.15, -0.1) is 0 Å². The van der Waals surface area contributed by atoms with Crippen LogP contribution in [0.3, 0.4) is 0 Å². The first kappa shape index (κ1) is 13.1. The van der Waals surface area contributed by atoms with Gasteiger partial charge in [-0.1, -0.05) is 18.2 Å². The third-order valence-electron chi connectivity index (χ3n) is 2.70. The second-order valence-electron chi connectivity index (χ2n) is 4.18. The quantitative estimate of drug-likeness (QED) is 0.914. The maximum absolute atomic E-state index is 13.5. The molecule has 0 aliphatic rings. The van der Waals surface area contributed by atoms with Crippen LogP contribution >= 0.6 is 0 Å². The maximum atomic E-state index is 13.5. The van der Waals surface area contributed by atoms with Gasteiger partial charge in [0, 0.05) is 17.7 Å². The van der Waals surface area contributed by atoms with Crippen LogP contribution in [0.5, 0.6) is 11.5 Å². The molecule has 19 heavy (non-hydrogen) atoms. The number of rotatable bonds is 3. The van der Waals surface area contributed by atoms with E-state index in [4.69, 9.17) is 15.7 Å². The Labute approximate surface area is 111 Å². The molecule has 2 rings (SSSR count). The van der Waals surface area contributed by atoms with E-state index in [1.807, 2.05) is 25.1 Å². The molecule has 2 N–H and O–H groups in total. The number of para-hydroxylation sites is 1. The Morgan fingerprint density at radius 1 is 1.26 bits per heavy atom. The first-order valence-electron chi connectivity index (χ1n) is 5.84. The summed E-state index contributed by atoms with van der Waals surface area (Å²) in [6, 6.07) is 13.0. The summed E-state index contributed by atoms with van der Waals surface area (Å²) < 4.78 is 19.1. The highest BCUT2D eigenvalue weighted by atomic mass is 19.1. The highest BCUT2D eigenvalue weighted by Gasteiger charge is 2.09. The van der Waals surface area contributed by atoms with Crippen molar-refractivity contribution in [2.45, 2.75) is 13.0 Å². The van der Waals surface area contributed by atoms with Crippen molar-refractivity contribution >= 4 is 0 Å². The summed E-state index contributed by atoms with van der Waals surface area (Å²) >= 11 is 0. The van der Waals surface area contributed by atoms with Crippen molar-refractivity contribution in [1.29, 1.82) is 5.26 Å². The van der Waals surface area contributed by atoms with E-state index >= 15 is 0 Å². The van der Waals surface area contributed by atoms with Gasteiger partial charge in [0.15, 0.2) is 0 Å². The second kappa shape index (κ2) is 5.51. The Bertz CT molecular complexity index is 632. The molecule has 0 aromatic heterocycles. The number of nitrogens with zero attached hydrogens (tertiary/aromatic N) is 1. The summed E-state index contributed by atoms with van der Waals surface area (Å²) in [5.41, 5.74) is 6.68. The van der Waals surface area contributed by atoms with Gasteiger partial charge in [0.05, 0.1) is 5.56 Å². The fourth-order valence-electron chi connectivity index (χ4n) is 1.73. The molecule has 0 saturated carbocycles. The average Bonchev–Trinajstić information content (AvgIpc) is 2.39. The molecule has 4 heteroatoms. The van der Waals surface area contributed by atoms with E-state index in [9.17, 15) is 4.39 Å². The monoisotopic (exact) mass is 256 g/mol. The van der Waals surface area contributed by atoms with E-state index in [2.05, 4.69) is 0 Å². The minimum Gasteiger partial charge on any atom is -0.457 e. The molecule has 0 saturated heterocycles. The topological polar surface area (TPSA) is 59.0 Å². The standard InChI is InChI=1S/C15H13FN2O/c1-10(18)13-4-2-3-5-15(13)19-12-7-6-11(9-17)14(16)8-12/h2-8,10H,18H2,1H3/t10-/m0/s1. The van der Waals surface area contributed by atoms with Gasteiger partial charge in [-0.25, -0.2) is 4.39 Å². The average molecular weight is 256 g/mol. The Kier molecular flexibility index (Phi) is 3.79. The molecule has 0 unspecified atom stereocenters. The molecule has 0 bridgehead atoms. The fraction of sp³-hybridized carbons (Fsp3) is 0.133. The summed E-state index contributed by atoms with van der Waals surface area (Å²) in [4.78, 5) is 0. The van der Waals surface area contributed by atoms with E-state index in [0.29, 0.717) is 11.5 Å². The zero-order valence-corrected chi connectivity index (χ0v) is 10.4. The minimum atomic E-state index is -0.599. The van der Waals surface area contributed by atoms with E-state index in [1.54, 1.807) is 18.2 Å². The van der Waals surface area contributed by atoms with E-state index in [1.165, 1.54) is 12.1 Å². The first-order valence-corrected chi connectivity index (χ1v) is 5.84. The van der Waals surface area contributed by atoms with Crippen LogP contribution in [-0.4, -0.2) is 0 Å². The Morgan fingerprint density at radius 3 is 2.63 bits per heavy atom. The third-order valence-corrected chi connectivity index (χ3v) is 2.70. The number of hydrogen-bond acceptors (Lipinski definition) is 3. The van der Waals surface area contributed by atoms with E-state index in [0.717, 1.165) is 5.56 Å². The summed E-state index contributed by atoms with van der Waals surface area (Å²) in [6.07, 6.45) is 0. The van der Waals surface area contributed by atoms with Crippen molar-refractivity contribution in [2.75, 3.05) is 0 Å². The predicted molar refractivity (Wildman–Crippen MR) is 70.2 cm³/mol. The van der Waals surface area contributed by atoms with Crippen LogP contribution in [-0.2, 0) is 0 Å². The molecule has 0 fully saturated rings. The number of nitriles is 1. The number of halogens is 1. The molecule has 0 aliphatic carbocycles. The molecule has 2 aromatic rings. The van der Waals surface area contributed by atoms with Crippen molar-refractivity contribution in [1.82, 2.24) is 0 Å². The molecular formula is C15H13FN2O. The number of ether oxygens (including phenoxy) is 1. The SMILES string of the molecule is C[C@H](N)c1ccccc1Oc1ccc(C#N)c(F)c1. The molecule has 0 heterocycles. The molecule has 96 valence electrons. The Balaban J connectivity index is 2.32. The molecule has 0 aliphatic heterocycles. The summed E-state index contributed by atoms with van der Waals surface area (Å²) in [5.74, 6) is 0.324. The number of benzene rings is 2. The normalized spacial score (nSPS) is 11.7. The van der Waals surface area contributed by atoms with Gasteiger partial charge in [-0.2, -0.15) is 5.26 Å². The van der Waals surface area contributed by atoms with E-state index in [-0.39, 0.29) is 11.6 Å². The van der Waals surface area contributed by atoms with Crippen molar-refractivity contribution in [3.8, 4) is 17.6 Å². The van der Waals surface area contributed by atoms with E-state index < -0.39 is 5.82 Å². The largest absolute Gasteiger partial charge is 0.457 e. The lowest BCUT2D eigenvalue weighted by Crippen LogP contribution is -2.06. The Morgan fingerprint density at radius 2 is 2.00 bits per heavy atom. The van der Waals surface area contributed by atoms with Crippen molar-refractivity contribution in [3.05, 3.63) is 59.4 Å². The van der Waals surface area contributed by atoms with Crippen LogP contribution in [0.1, 0.15) is 24.1 Å². The van der Waals surface area contributed by atoms with Gasteiger partial charge in [0.25, 0.3) is 0 Å². The second-order valence-corrected chi connectivity index (χ2v) is 4.18. The molecule has 1 atom stereocenters. The zero-order chi connectivity index (χ0) is 13.8. The van der Waals surface area contributed by atoms with Crippen LogP contribution in [0.2, 0.25) is 0 Å². The highest BCUT2D eigenvalue weighted by Crippen LogP contribution is 2.29. The zero-order valence-electron chi connectivity index (χ0n) is 10.4. The number of hydrogen-bond donors (Lipinski definition) is 1. The molecule has 3 nitrogen and oxygen atoms in total. The number of nitrogens with two attached hydrogens (primary N) is 1. The van der Waals surface area contributed by atoms with Crippen LogP contribution < -0.4 is 10.5 Å². The molecule has 0 spiro atoms. The van der Waals surface area contributed by atoms with Gasteiger partial charge in [-0.3, -0.25) is 0 Å².